The lowest BCUT2D eigenvalue weighted by molar-refractivity contribution is -0.116. The third-order valence-electron chi connectivity index (χ3n) is 4.72. The van der Waals surface area contributed by atoms with Crippen LogP contribution in [-0.4, -0.2) is 11.5 Å². The molecule has 112 valence electrons. The van der Waals surface area contributed by atoms with Gasteiger partial charge in [-0.15, -0.1) is 0 Å². The van der Waals surface area contributed by atoms with E-state index in [0.717, 1.165) is 41.8 Å². The fourth-order valence-corrected chi connectivity index (χ4v) is 3.49. The molecule has 0 radical (unpaired) electrons. The molecule has 0 bridgehead atoms. The zero-order valence-corrected chi connectivity index (χ0v) is 13.1. The van der Waals surface area contributed by atoms with Crippen molar-refractivity contribution in [3.8, 4) is 6.07 Å². The molecule has 0 N–H and O–H groups in total. The van der Waals surface area contributed by atoms with Crippen LogP contribution in [0.3, 0.4) is 0 Å². The molecule has 3 nitrogen and oxygen atoms in total. The first-order chi connectivity index (χ1) is 10.7. The molecular weight excluding hydrogens is 272 g/mol. The molecule has 1 aliphatic heterocycles. The molecule has 22 heavy (non-hydrogen) atoms. The van der Waals surface area contributed by atoms with Gasteiger partial charge in [-0.25, -0.2) is 0 Å². The van der Waals surface area contributed by atoms with E-state index in [1.165, 1.54) is 5.56 Å². The second-order valence-corrected chi connectivity index (χ2v) is 6.07. The van der Waals surface area contributed by atoms with Crippen LogP contribution in [0, 0.1) is 17.2 Å². The molecule has 0 fully saturated rings. The van der Waals surface area contributed by atoms with E-state index in [2.05, 4.69) is 42.3 Å². The molecule has 2 aliphatic rings. The van der Waals surface area contributed by atoms with E-state index in [4.69, 9.17) is 0 Å². The van der Waals surface area contributed by atoms with Gasteiger partial charge in [0.25, 0.3) is 0 Å². The number of rotatable bonds is 2. The first-order valence-electron chi connectivity index (χ1n) is 7.95. The molecule has 3 rings (SSSR count). The van der Waals surface area contributed by atoms with Gasteiger partial charge in [-0.05, 0) is 37.3 Å². The summed E-state index contributed by atoms with van der Waals surface area (Å²) in [7, 11) is 0. The van der Waals surface area contributed by atoms with Crippen LogP contribution in [0.4, 0.5) is 0 Å². The van der Waals surface area contributed by atoms with Crippen molar-refractivity contribution >= 4 is 11.5 Å². The van der Waals surface area contributed by atoms with Crippen molar-refractivity contribution in [3.63, 3.8) is 0 Å². The first-order valence-corrected chi connectivity index (χ1v) is 7.95. The number of ketones is 1. The number of aliphatic imine (C=N–C) groups is 1. The van der Waals surface area contributed by atoms with E-state index >= 15 is 0 Å². The topological polar surface area (TPSA) is 53.2 Å². The Kier molecular flexibility index (Phi) is 3.94. The van der Waals surface area contributed by atoms with Crippen molar-refractivity contribution < 1.29 is 4.79 Å². The Hall–Kier alpha value is -2.21. The lowest BCUT2D eigenvalue weighted by atomic mass is 9.72. The summed E-state index contributed by atoms with van der Waals surface area (Å²) < 4.78 is 0. The Balaban J connectivity index is 2.12. The number of nitrogens with zero attached hydrogens (tertiary/aromatic N) is 2. The van der Waals surface area contributed by atoms with E-state index in [1.807, 2.05) is 6.92 Å². The van der Waals surface area contributed by atoms with E-state index in [0.29, 0.717) is 6.42 Å². The average molecular weight is 292 g/mol. The number of hydrogen-bond donors (Lipinski definition) is 0. The number of aryl methyl sites for hydroxylation is 1. The standard InChI is InChI=1S/C19H20N2O/c1-3-13-7-9-14(10-8-13)18-15(11-20)12(2)21-16-5-4-6-17(22)19(16)18/h7-10,15,18H,3-6H2,1-2H3/t15?,18-/m0/s1. The number of allylic oxidation sites excluding steroid dienone is 2. The van der Waals surface area contributed by atoms with E-state index in [9.17, 15) is 10.1 Å². The maximum absolute atomic E-state index is 12.5. The minimum Gasteiger partial charge on any atom is -0.294 e. The maximum atomic E-state index is 12.5. The van der Waals surface area contributed by atoms with Crippen molar-refractivity contribution in [1.29, 1.82) is 5.26 Å². The number of hydrogen-bond acceptors (Lipinski definition) is 3. The lowest BCUT2D eigenvalue weighted by Crippen LogP contribution is -2.30. The predicted molar refractivity (Wildman–Crippen MR) is 86.7 cm³/mol. The van der Waals surface area contributed by atoms with Gasteiger partial charge in [-0.2, -0.15) is 5.26 Å². The van der Waals surface area contributed by atoms with Gasteiger partial charge in [-0.1, -0.05) is 31.2 Å². The molecule has 0 spiro atoms. The third kappa shape index (κ3) is 2.39. The van der Waals surface area contributed by atoms with Gasteiger partial charge in [0, 0.05) is 29.3 Å². The monoisotopic (exact) mass is 292 g/mol. The number of carbonyl (C=O) groups is 1. The van der Waals surface area contributed by atoms with Gasteiger partial charge in [0.1, 0.15) is 0 Å². The highest BCUT2D eigenvalue weighted by Gasteiger charge is 2.38. The summed E-state index contributed by atoms with van der Waals surface area (Å²) in [6, 6.07) is 10.7. The van der Waals surface area contributed by atoms with Gasteiger partial charge >= 0.3 is 0 Å². The molecular formula is C19H20N2O. The van der Waals surface area contributed by atoms with E-state index < -0.39 is 0 Å². The summed E-state index contributed by atoms with van der Waals surface area (Å²) in [6.45, 7) is 4.03. The van der Waals surface area contributed by atoms with Crippen LogP contribution in [0.1, 0.15) is 50.2 Å². The molecule has 1 unspecified atom stereocenters. The average Bonchev–Trinajstić information content (AvgIpc) is 2.54. The summed E-state index contributed by atoms with van der Waals surface area (Å²) in [6.07, 6.45) is 3.28. The van der Waals surface area contributed by atoms with Gasteiger partial charge in [0.05, 0.1) is 12.0 Å². The largest absolute Gasteiger partial charge is 0.294 e. The summed E-state index contributed by atoms with van der Waals surface area (Å²) in [5.41, 5.74) is 4.85. The van der Waals surface area contributed by atoms with Crippen LogP contribution in [0.25, 0.3) is 0 Å². The molecule has 0 saturated heterocycles. The molecule has 1 aromatic carbocycles. The van der Waals surface area contributed by atoms with Crippen LogP contribution < -0.4 is 0 Å². The molecule has 0 amide bonds. The number of carbonyl (C=O) groups excluding carboxylic acids is 1. The SMILES string of the molecule is CCc1ccc([C@@H]2C3=C(CCCC3=O)N=C(C)C2C#N)cc1. The minimum atomic E-state index is -0.340. The second kappa shape index (κ2) is 5.88. The molecule has 1 aliphatic carbocycles. The van der Waals surface area contributed by atoms with Crippen LogP contribution >= 0.6 is 0 Å². The normalized spacial score (nSPS) is 24.6. The highest BCUT2D eigenvalue weighted by molar-refractivity contribution is 6.02. The summed E-state index contributed by atoms with van der Waals surface area (Å²) in [5, 5.41) is 9.61. The fourth-order valence-electron chi connectivity index (χ4n) is 3.49. The van der Waals surface area contributed by atoms with Gasteiger partial charge in [0.15, 0.2) is 5.78 Å². The number of nitriles is 1. The van der Waals surface area contributed by atoms with Gasteiger partial charge in [-0.3, -0.25) is 9.79 Å². The Morgan fingerprint density at radius 3 is 2.64 bits per heavy atom. The van der Waals surface area contributed by atoms with Crippen molar-refractivity contribution in [3.05, 3.63) is 46.7 Å². The number of benzene rings is 1. The molecule has 2 atom stereocenters. The maximum Gasteiger partial charge on any atom is 0.161 e. The van der Waals surface area contributed by atoms with Crippen molar-refractivity contribution in [1.82, 2.24) is 0 Å². The second-order valence-electron chi connectivity index (χ2n) is 6.07. The summed E-state index contributed by atoms with van der Waals surface area (Å²) in [5.74, 6) is -0.327. The van der Waals surface area contributed by atoms with Crippen molar-refractivity contribution in [2.45, 2.75) is 45.4 Å². The molecule has 1 aromatic rings. The smallest absolute Gasteiger partial charge is 0.161 e. The molecule has 3 heteroatoms. The van der Waals surface area contributed by atoms with Crippen molar-refractivity contribution in [2.75, 3.05) is 0 Å². The highest BCUT2D eigenvalue weighted by atomic mass is 16.1. The molecule has 1 heterocycles. The zero-order chi connectivity index (χ0) is 15.7. The van der Waals surface area contributed by atoms with Gasteiger partial charge in [0.2, 0.25) is 0 Å². The summed E-state index contributed by atoms with van der Waals surface area (Å²) in [4.78, 5) is 17.0. The molecule has 0 saturated carbocycles. The Morgan fingerprint density at radius 1 is 1.27 bits per heavy atom. The van der Waals surface area contributed by atoms with Crippen LogP contribution in [-0.2, 0) is 11.2 Å². The Labute approximate surface area is 131 Å². The van der Waals surface area contributed by atoms with Crippen LogP contribution in [0.15, 0.2) is 40.5 Å². The first kappa shape index (κ1) is 14.7. The van der Waals surface area contributed by atoms with Crippen LogP contribution in [0.5, 0.6) is 0 Å². The zero-order valence-electron chi connectivity index (χ0n) is 13.1. The van der Waals surface area contributed by atoms with Gasteiger partial charge < -0.3 is 0 Å². The highest BCUT2D eigenvalue weighted by Crippen LogP contribution is 2.42. The van der Waals surface area contributed by atoms with E-state index in [-0.39, 0.29) is 17.6 Å². The predicted octanol–water partition coefficient (Wildman–Crippen LogP) is 3.95. The third-order valence-corrected chi connectivity index (χ3v) is 4.72. The molecule has 0 aromatic heterocycles. The minimum absolute atomic E-state index is 0.156. The van der Waals surface area contributed by atoms with E-state index in [1.54, 1.807) is 0 Å². The van der Waals surface area contributed by atoms with Crippen LogP contribution in [0.2, 0.25) is 0 Å². The quantitative estimate of drug-likeness (QED) is 0.828. The number of Topliss-reactive ketones (excluding diaryl/α,β-unsaturated/α-hetero) is 1. The Morgan fingerprint density at radius 2 is 2.00 bits per heavy atom. The van der Waals surface area contributed by atoms with Crippen molar-refractivity contribution in [2.24, 2.45) is 10.9 Å². The summed E-state index contributed by atoms with van der Waals surface area (Å²) >= 11 is 0. The fraction of sp³-hybridized carbons (Fsp3) is 0.421. The lowest BCUT2D eigenvalue weighted by Gasteiger charge is -2.32. The Bertz CT molecular complexity index is 704.